The highest BCUT2D eigenvalue weighted by Crippen LogP contribution is 2.51. The van der Waals surface area contributed by atoms with Crippen LogP contribution in [-0.4, -0.2) is 59.8 Å². The Labute approximate surface area is 236 Å². The topological polar surface area (TPSA) is 96.3 Å². The summed E-state index contributed by atoms with van der Waals surface area (Å²) in [7, 11) is 0.620. The van der Waals surface area contributed by atoms with Gasteiger partial charge in [-0.3, -0.25) is 14.5 Å². The summed E-state index contributed by atoms with van der Waals surface area (Å²) in [5, 5.41) is 20.4. The van der Waals surface area contributed by atoms with E-state index in [1.165, 1.54) is 12.1 Å². The number of fused-ring (bicyclic) bond motifs is 3. The Hall–Kier alpha value is -2.49. The first kappa shape index (κ1) is 29.0. The Kier molecular flexibility index (Phi) is 9.13. The minimum Gasteiger partial charge on any atom is -0.505 e. The number of hydrogen-bond acceptors (Lipinski definition) is 6. The average Bonchev–Trinajstić information content (AvgIpc) is 3.19. The van der Waals surface area contributed by atoms with Crippen LogP contribution in [0.5, 0.6) is 5.75 Å². The molecular formula is C31H41BFNO6. The number of hydrogen-bond donors (Lipinski definition) is 2. The minimum atomic E-state index is -1.02. The average molecular weight is 553 g/mol. The number of rotatable bonds is 9. The van der Waals surface area contributed by atoms with Gasteiger partial charge in [0, 0.05) is 13.2 Å². The van der Waals surface area contributed by atoms with Crippen molar-refractivity contribution in [1.29, 1.82) is 0 Å². The van der Waals surface area contributed by atoms with Gasteiger partial charge in [0.1, 0.15) is 0 Å². The van der Waals surface area contributed by atoms with Crippen molar-refractivity contribution in [3.8, 4) is 5.75 Å². The fourth-order valence-corrected chi connectivity index (χ4v) is 7.55. The predicted molar refractivity (Wildman–Crippen MR) is 151 cm³/mol. The number of halogens is 1. The molecule has 1 aromatic carbocycles. The maximum Gasteiger partial charge on any atom is 0.455 e. The second-order valence-electron chi connectivity index (χ2n) is 11.9. The van der Waals surface area contributed by atoms with Crippen LogP contribution < -0.4 is 0 Å². The molecular weight excluding hydrogens is 512 g/mol. The predicted octanol–water partition coefficient (Wildman–Crippen LogP) is 5.27. The maximum absolute atomic E-state index is 13.9. The van der Waals surface area contributed by atoms with Crippen LogP contribution in [0.1, 0.15) is 76.7 Å². The van der Waals surface area contributed by atoms with E-state index in [0.29, 0.717) is 37.8 Å². The Morgan fingerprint density at radius 1 is 1.18 bits per heavy atom. The molecule has 7 nitrogen and oxygen atoms in total. The summed E-state index contributed by atoms with van der Waals surface area (Å²) >= 11 is 0. The SMILES string of the molecule is CCC/C(=C\c1ccc(O)c(F)c1)CC[C@H]1OB(O)C[C@H]2C1=C(COC)C[C@H]1C(=O)N(C3CCCCC3)C(=O)[C@H]12. The van der Waals surface area contributed by atoms with Gasteiger partial charge in [-0.15, -0.1) is 0 Å². The highest BCUT2D eigenvalue weighted by Gasteiger charge is 2.58. The molecule has 1 saturated carbocycles. The van der Waals surface area contributed by atoms with Gasteiger partial charge in [0.2, 0.25) is 11.8 Å². The van der Waals surface area contributed by atoms with Crippen LogP contribution in [0, 0.1) is 23.6 Å². The summed E-state index contributed by atoms with van der Waals surface area (Å²) in [6.45, 7) is 2.45. The highest BCUT2D eigenvalue weighted by atomic mass is 19.1. The van der Waals surface area contributed by atoms with Crippen molar-refractivity contribution >= 4 is 25.0 Å². The number of ether oxygens (including phenoxy) is 1. The van der Waals surface area contributed by atoms with Crippen molar-refractivity contribution in [3.05, 3.63) is 46.3 Å². The zero-order valence-electron chi connectivity index (χ0n) is 23.6. The molecule has 3 fully saturated rings. The number of carbonyl (C=O) groups excluding carboxylic acids is 2. The first-order valence-corrected chi connectivity index (χ1v) is 14.9. The van der Waals surface area contributed by atoms with Crippen molar-refractivity contribution in [2.45, 2.75) is 89.6 Å². The van der Waals surface area contributed by atoms with Gasteiger partial charge in [-0.2, -0.15) is 0 Å². The molecule has 9 heteroatoms. The Bertz CT molecular complexity index is 1180. The monoisotopic (exact) mass is 553 g/mol. The molecule has 2 saturated heterocycles. The third kappa shape index (κ3) is 5.79. The molecule has 0 spiro atoms. The lowest BCUT2D eigenvalue weighted by Crippen LogP contribution is -2.47. The van der Waals surface area contributed by atoms with E-state index in [1.54, 1.807) is 18.1 Å². The summed E-state index contributed by atoms with van der Waals surface area (Å²) in [4.78, 5) is 29.1. The Morgan fingerprint density at radius 3 is 2.65 bits per heavy atom. The highest BCUT2D eigenvalue weighted by molar-refractivity contribution is 6.43. The summed E-state index contributed by atoms with van der Waals surface area (Å²) < 4.78 is 25.6. The fourth-order valence-electron chi connectivity index (χ4n) is 7.55. The number of phenolic OH excluding ortho intramolecular Hbond substituents is 1. The second-order valence-corrected chi connectivity index (χ2v) is 11.9. The minimum absolute atomic E-state index is 0.0132. The van der Waals surface area contributed by atoms with Gasteiger partial charge in [-0.05, 0) is 79.6 Å². The third-order valence-electron chi connectivity index (χ3n) is 9.24. The van der Waals surface area contributed by atoms with Crippen LogP contribution in [0.2, 0.25) is 6.32 Å². The van der Waals surface area contributed by atoms with Crippen LogP contribution in [0.3, 0.4) is 0 Å². The molecule has 4 atom stereocenters. The largest absolute Gasteiger partial charge is 0.505 e. The molecule has 2 amide bonds. The molecule has 0 unspecified atom stereocenters. The van der Waals surface area contributed by atoms with Gasteiger partial charge in [0.05, 0.1) is 24.5 Å². The molecule has 1 aromatic rings. The number of carbonyl (C=O) groups is 2. The van der Waals surface area contributed by atoms with Crippen molar-refractivity contribution in [1.82, 2.24) is 4.90 Å². The van der Waals surface area contributed by atoms with Crippen LogP contribution in [0.15, 0.2) is 34.9 Å². The number of imide groups is 1. The number of phenols is 1. The van der Waals surface area contributed by atoms with E-state index < -0.39 is 30.9 Å². The standard InChI is InChI=1S/C31H41BFNO6/c1-3-7-19(14-20-10-12-26(35)25(33)15-20)11-13-27-28-21(18-39-2)16-23-29(24(28)17-32(38)40-27)31(37)34(30(23)36)22-8-5-4-6-9-22/h10,12,14-15,22-24,27,29,35,38H,3-9,11,13,16-18H2,1-2H3/b19-14+/t23-,24+,27-,29-/m1/s1. The number of aromatic hydroxyl groups is 1. The smallest absolute Gasteiger partial charge is 0.455 e. The number of benzene rings is 1. The third-order valence-corrected chi connectivity index (χ3v) is 9.24. The van der Waals surface area contributed by atoms with E-state index >= 15 is 0 Å². The van der Waals surface area contributed by atoms with Gasteiger partial charge >= 0.3 is 7.12 Å². The van der Waals surface area contributed by atoms with E-state index in [4.69, 9.17) is 9.39 Å². The van der Waals surface area contributed by atoms with Gasteiger partial charge in [-0.25, -0.2) is 4.39 Å². The van der Waals surface area contributed by atoms with E-state index in [1.807, 2.05) is 6.08 Å². The Balaban J connectivity index is 1.41. The summed E-state index contributed by atoms with van der Waals surface area (Å²) in [5.74, 6) is -2.28. The van der Waals surface area contributed by atoms with Gasteiger partial charge in [0.25, 0.3) is 0 Å². The molecule has 2 aliphatic heterocycles. The van der Waals surface area contributed by atoms with Gasteiger partial charge in [0.15, 0.2) is 11.6 Å². The number of likely N-dealkylation sites (tertiary alicyclic amines) is 1. The normalized spacial score (nSPS) is 27.9. The summed E-state index contributed by atoms with van der Waals surface area (Å²) in [6, 6.07) is 4.35. The molecule has 2 heterocycles. The van der Waals surface area contributed by atoms with Crippen molar-refractivity contribution in [3.63, 3.8) is 0 Å². The molecule has 4 aliphatic rings. The Morgan fingerprint density at radius 2 is 1.95 bits per heavy atom. The number of nitrogens with zero attached hydrogens (tertiary/aromatic N) is 1. The van der Waals surface area contributed by atoms with Crippen LogP contribution >= 0.6 is 0 Å². The molecule has 0 bridgehead atoms. The zero-order chi connectivity index (χ0) is 28.4. The lowest BCUT2D eigenvalue weighted by atomic mass is 9.58. The van der Waals surface area contributed by atoms with Crippen LogP contribution in [0.25, 0.3) is 6.08 Å². The first-order chi connectivity index (χ1) is 19.3. The molecule has 216 valence electrons. The fraction of sp³-hybridized carbons (Fsp3) is 0.613. The molecule has 2 N–H and O–H groups in total. The zero-order valence-corrected chi connectivity index (χ0v) is 23.6. The van der Waals surface area contributed by atoms with E-state index in [2.05, 4.69) is 6.92 Å². The van der Waals surface area contributed by atoms with E-state index in [-0.39, 0.29) is 29.5 Å². The number of methoxy groups -OCH3 is 1. The number of amides is 2. The van der Waals surface area contributed by atoms with E-state index in [0.717, 1.165) is 61.7 Å². The summed E-state index contributed by atoms with van der Waals surface area (Å²) in [6.07, 6.45) is 10.3. The molecule has 2 aliphatic carbocycles. The van der Waals surface area contributed by atoms with Crippen molar-refractivity contribution < 1.29 is 33.5 Å². The molecule has 0 radical (unpaired) electrons. The molecule has 40 heavy (non-hydrogen) atoms. The lowest BCUT2D eigenvalue weighted by molar-refractivity contribution is -0.143. The van der Waals surface area contributed by atoms with Gasteiger partial charge in [-0.1, -0.05) is 50.3 Å². The number of allylic oxidation sites excluding steroid dienone is 1. The quantitative estimate of drug-likeness (QED) is 0.246. The second kappa shape index (κ2) is 12.6. The molecule has 5 rings (SSSR count). The van der Waals surface area contributed by atoms with Crippen molar-refractivity contribution in [2.75, 3.05) is 13.7 Å². The van der Waals surface area contributed by atoms with Crippen molar-refractivity contribution in [2.24, 2.45) is 17.8 Å². The first-order valence-electron chi connectivity index (χ1n) is 14.9. The lowest BCUT2D eigenvalue weighted by Gasteiger charge is -2.43. The van der Waals surface area contributed by atoms with Crippen LogP contribution in [-0.2, 0) is 19.0 Å². The van der Waals surface area contributed by atoms with Gasteiger partial charge < -0.3 is 19.5 Å². The summed E-state index contributed by atoms with van der Waals surface area (Å²) in [5.41, 5.74) is 3.83. The van der Waals surface area contributed by atoms with E-state index in [9.17, 15) is 24.1 Å². The maximum atomic E-state index is 13.9. The van der Waals surface area contributed by atoms with Crippen LogP contribution in [0.4, 0.5) is 4.39 Å². The molecule has 0 aromatic heterocycles.